The molecule has 2 amide bonds. The highest BCUT2D eigenvalue weighted by molar-refractivity contribution is 6.35. The fraction of sp³-hybridized carbons (Fsp3) is 0.250. The molecule has 0 atom stereocenters. The molecule has 0 aliphatic carbocycles. The number of amides is 2. The zero-order valence-corrected chi connectivity index (χ0v) is 19.2. The van der Waals surface area contributed by atoms with Crippen LogP contribution in [0.1, 0.15) is 39.8 Å². The van der Waals surface area contributed by atoms with Gasteiger partial charge in [-0.1, -0.05) is 36.4 Å². The van der Waals surface area contributed by atoms with Gasteiger partial charge >= 0.3 is 11.8 Å². The predicted octanol–water partition coefficient (Wildman–Crippen LogP) is 6.09. The number of carbonyl (C=O) groups is 2. The number of rotatable bonds is 4. The minimum atomic E-state index is -1.25. The highest BCUT2D eigenvalue weighted by Gasteiger charge is 2.21. The van der Waals surface area contributed by atoms with Crippen molar-refractivity contribution in [1.29, 1.82) is 0 Å². The molecular formula is C24H24N6O4. The summed E-state index contributed by atoms with van der Waals surface area (Å²) in [4.78, 5) is 24.5. The molecule has 10 heteroatoms. The van der Waals surface area contributed by atoms with Gasteiger partial charge in [-0.2, -0.15) is 0 Å². The maximum Gasteiger partial charge on any atom is 0.357 e. The molecule has 0 saturated carbocycles. The standard InChI is InChI=1S/C24H24N6O4/c1-13(2)29-17-11-7-5-9-15(17)19(23(29)33)25-27-21(31)22(32)28-26-20-16-10-6-8-12-18(16)30(14(3)4)24(20)34/h5-14,33-34H,1-4H3. The molecule has 0 unspecified atom stereocenters. The molecule has 0 aliphatic heterocycles. The number of nitrogens with zero attached hydrogens (tertiary/aromatic N) is 6. The van der Waals surface area contributed by atoms with E-state index in [-0.39, 0.29) is 35.2 Å². The van der Waals surface area contributed by atoms with E-state index in [0.29, 0.717) is 10.8 Å². The molecule has 0 saturated heterocycles. The van der Waals surface area contributed by atoms with Crippen LogP contribution in [0, 0.1) is 0 Å². The molecule has 0 spiro atoms. The number of aromatic hydroxyl groups is 2. The summed E-state index contributed by atoms with van der Waals surface area (Å²) in [6.45, 7) is 7.59. The summed E-state index contributed by atoms with van der Waals surface area (Å²) in [5.74, 6) is -2.82. The lowest BCUT2D eigenvalue weighted by atomic mass is 10.2. The largest absolute Gasteiger partial charge is 0.493 e. The number of benzene rings is 2. The Balaban J connectivity index is 1.63. The molecule has 2 N–H and O–H groups in total. The van der Waals surface area contributed by atoms with Crippen molar-refractivity contribution in [3.8, 4) is 11.8 Å². The second kappa shape index (κ2) is 8.89. The average molecular weight is 460 g/mol. The first-order valence-electron chi connectivity index (χ1n) is 10.8. The van der Waals surface area contributed by atoms with Crippen molar-refractivity contribution in [2.45, 2.75) is 39.8 Å². The predicted molar refractivity (Wildman–Crippen MR) is 127 cm³/mol. The van der Waals surface area contributed by atoms with Crippen LogP contribution in [0.2, 0.25) is 0 Å². The van der Waals surface area contributed by atoms with Crippen molar-refractivity contribution >= 4 is 45.0 Å². The number of para-hydroxylation sites is 2. The van der Waals surface area contributed by atoms with E-state index in [2.05, 4.69) is 20.5 Å². The molecule has 4 rings (SSSR count). The lowest BCUT2D eigenvalue weighted by Crippen LogP contribution is -2.06. The van der Waals surface area contributed by atoms with Gasteiger partial charge in [0.15, 0.2) is 11.4 Å². The Hall–Kier alpha value is -4.34. The lowest BCUT2D eigenvalue weighted by Gasteiger charge is -2.10. The second-order valence-electron chi connectivity index (χ2n) is 8.32. The Morgan fingerprint density at radius 1 is 0.676 bits per heavy atom. The molecule has 0 fully saturated rings. The van der Waals surface area contributed by atoms with Gasteiger partial charge in [0.25, 0.3) is 0 Å². The molecule has 2 aromatic heterocycles. The summed E-state index contributed by atoms with van der Waals surface area (Å²) in [5, 5.41) is 37.0. The molecule has 174 valence electrons. The molecule has 4 aromatic rings. The van der Waals surface area contributed by atoms with Gasteiger partial charge < -0.3 is 19.3 Å². The third kappa shape index (κ3) is 3.83. The van der Waals surface area contributed by atoms with Gasteiger partial charge in [0, 0.05) is 22.9 Å². The Labute approximate surface area is 194 Å². The maximum atomic E-state index is 12.3. The van der Waals surface area contributed by atoms with E-state index in [0.717, 1.165) is 11.0 Å². The van der Waals surface area contributed by atoms with Crippen molar-refractivity contribution < 1.29 is 19.8 Å². The first-order chi connectivity index (χ1) is 16.2. The van der Waals surface area contributed by atoms with Crippen LogP contribution < -0.4 is 0 Å². The van der Waals surface area contributed by atoms with Gasteiger partial charge in [-0.25, -0.2) is 0 Å². The molecule has 34 heavy (non-hydrogen) atoms. The van der Waals surface area contributed by atoms with E-state index < -0.39 is 11.8 Å². The van der Waals surface area contributed by atoms with Crippen LogP contribution in [0.3, 0.4) is 0 Å². The van der Waals surface area contributed by atoms with Gasteiger partial charge in [0.2, 0.25) is 11.8 Å². The van der Waals surface area contributed by atoms with E-state index in [4.69, 9.17) is 0 Å². The first kappa shape index (κ1) is 22.8. The van der Waals surface area contributed by atoms with Crippen LogP contribution in [0.4, 0.5) is 11.4 Å². The minimum absolute atomic E-state index is 0.0689. The van der Waals surface area contributed by atoms with Crippen molar-refractivity contribution in [3.05, 3.63) is 48.5 Å². The molecule has 10 nitrogen and oxygen atoms in total. The van der Waals surface area contributed by atoms with Gasteiger partial charge in [0.05, 0.1) is 11.0 Å². The zero-order chi connectivity index (χ0) is 24.6. The number of aromatic nitrogens is 2. The normalized spacial score (nSPS) is 12.3. The number of carbonyl (C=O) groups excluding carboxylic acids is 2. The highest BCUT2D eigenvalue weighted by atomic mass is 16.3. The van der Waals surface area contributed by atoms with Crippen LogP contribution >= 0.6 is 0 Å². The van der Waals surface area contributed by atoms with E-state index in [1.165, 1.54) is 0 Å². The summed E-state index contributed by atoms with van der Waals surface area (Å²) >= 11 is 0. The van der Waals surface area contributed by atoms with Crippen LogP contribution in [0.5, 0.6) is 11.8 Å². The zero-order valence-electron chi connectivity index (χ0n) is 19.2. The van der Waals surface area contributed by atoms with Crippen LogP contribution in [-0.2, 0) is 9.59 Å². The molecule has 0 aliphatic rings. The van der Waals surface area contributed by atoms with Crippen LogP contribution in [-0.4, -0.2) is 31.2 Å². The summed E-state index contributed by atoms with van der Waals surface area (Å²) in [7, 11) is 0. The molecular weight excluding hydrogens is 436 g/mol. The molecule has 0 bridgehead atoms. The SMILES string of the molecule is CC(C)n1c(O)c(N=NC(=O)C(=O)N=Nc2c(O)n(C(C)C)c3ccccc23)c2ccccc21. The lowest BCUT2D eigenvalue weighted by molar-refractivity contribution is -0.135. The van der Waals surface area contributed by atoms with Crippen molar-refractivity contribution in [3.63, 3.8) is 0 Å². The smallest absolute Gasteiger partial charge is 0.357 e. The topological polar surface area (TPSA) is 134 Å². The molecule has 2 heterocycles. The van der Waals surface area contributed by atoms with Gasteiger partial charge in [-0.15, -0.1) is 20.5 Å². The Kier molecular flexibility index (Phi) is 5.97. The van der Waals surface area contributed by atoms with E-state index in [1.807, 2.05) is 52.0 Å². The fourth-order valence-corrected chi connectivity index (χ4v) is 3.98. The molecule has 2 aromatic carbocycles. The van der Waals surface area contributed by atoms with Crippen LogP contribution in [0.15, 0.2) is 69.0 Å². The Morgan fingerprint density at radius 2 is 1.03 bits per heavy atom. The number of hydrogen-bond donors (Lipinski definition) is 2. The van der Waals surface area contributed by atoms with E-state index in [9.17, 15) is 19.8 Å². The third-order valence-corrected chi connectivity index (χ3v) is 5.41. The fourth-order valence-electron chi connectivity index (χ4n) is 3.98. The number of fused-ring (bicyclic) bond motifs is 2. The summed E-state index contributed by atoms with van der Waals surface area (Å²) in [6, 6.07) is 14.2. The van der Waals surface area contributed by atoms with Crippen molar-refractivity contribution in [2.75, 3.05) is 0 Å². The van der Waals surface area contributed by atoms with Gasteiger partial charge in [-0.3, -0.25) is 9.59 Å². The third-order valence-electron chi connectivity index (χ3n) is 5.41. The Bertz CT molecular complexity index is 1360. The van der Waals surface area contributed by atoms with Gasteiger partial charge in [-0.05, 0) is 39.8 Å². The summed E-state index contributed by atoms with van der Waals surface area (Å²) in [5.41, 5.74) is 1.61. The van der Waals surface area contributed by atoms with E-state index >= 15 is 0 Å². The quantitative estimate of drug-likeness (QED) is 0.281. The van der Waals surface area contributed by atoms with Crippen molar-refractivity contribution in [1.82, 2.24) is 9.13 Å². The average Bonchev–Trinajstić information content (AvgIpc) is 3.25. The second-order valence-corrected chi connectivity index (χ2v) is 8.32. The van der Waals surface area contributed by atoms with Gasteiger partial charge in [0.1, 0.15) is 0 Å². The molecule has 0 radical (unpaired) electrons. The monoisotopic (exact) mass is 460 g/mol. The number of azo groups is 2. The van der Waals surface area contributed by atoms with E-state index in [1.54, 1.807) is 33.4 Å². The maximum absolute atomic E-state index is 12.3. The first-order valence-corrected chi connectivity index (χ1v) is 10.8. The highest BCUT2D eigenvalue weighted by Crippen LogP contribution is 2.42. The van der Waals surface area contributed by atoms with Crippen molar-refractivity contribution in [2.24, 2.45) is 20.5 Å². The number of hydrogen-bond acceptors (Lipinski definition) is 6. The Morgan fingerprint density at radius 3 is 1.38 bits per heavy atom. The minimum Gasteiger partial charge on any atom is -0.493 e. The summed E-state index contributed by atoms with van der Waals surface area (Å²) < 4.78 is 3.31. The van der Waals surface area contributed by atoms with Crippen LogP contribution in [0.25, 0.3) is 21.8 Å². The summed E-state index contributed by atoms with van der Waals surface area (Å²) in [6.07, 6.45) is 0.